The van der Waals surface area contributed by atoms with Crippen LogP contribution in [-0.2, 0) is 6.42 Å². The highest BCUT2D eigenvalue weighted by Crippen LogP contribution is 2.26. The van der Waals surface area contributed by atoms with Gasteiger partial charge in [-0.15, -0.1) is 0 Å². The number of nitrogens with two attached hydrogens (primary N) is 2. The number of aryl methyl sites for hydroxylation is 2. The summed E-state index contributed by atoms with van der Waals surface area (Å²) in [5.41, 5.74) is 16.1. The third-order valence-electron chi connectivity index (χ3n) is 2.24. The van der Waals surface area contributed by atoms with Gasteiger partial charge in [-0.3, -0.25) is 0 Å². The van der Waals surface area contributed by atoms with E-state index in [-0.39, 0.29) is 0 Å². The summed E-state index contributed by atoms with van der Waals surface area (Å²) in [4.78, 5) is 0. The number of hydrogen-bond donors (Lipinski definition) is 2. The lowest BCUT2D eigenvalue weighted by Gasteiger charge is -2.11. The van der Waals surface area contributed by atoms with Gasteiger partial charge >= 0.3 is 0 Å². The lowest BCUT2D eigenvalue weighted by molar-refractivity contribution is 1.14. The van der Waals surface area contributed by atoms with E-state index in [0.717, 1.165) is 28.8 Å². The van der Waals surface area contributed by atoms with Gasteiger partial charge in [-0.2, -0.15) is 0 Å². The minimum Gasteiger partial charge on any atom is -0.398 e. The molecular weight excluding hydrogens is 180 g/mol. The third-order valence-corrected chi connectivity index (χ3v) is 2.48. The van der Waals surface area contributed by atoms with Gasteiger partial charge in [-0.1, -0.05) is 25.2 Å². The Balaban J connectivity index is 3.47. The smallest absolute Gasteiger partial charge is 0.0449 e. The molecule has 0 radical (unpaired) electrons. The number of thiocarbonyl (C=S) groups is 1. The lowest BCUT2D eigenvalue weighted by atomic mass is 10.0. The number of rotatable bonds is 2. The second-order valence-corrected chi connectivity index (χ2v) is 3.30. The molecule has 3 heteroatoms. The van der Waals surface area contributed by atoms with E-state index in [0.29, 0.717) is 5.69 Å². The van der Waals surface area contributed by atoms with E-state index in [1.807, 2.05) is 13.0 Å². The van der Waals surface area contributed by atoms with Crippen molar-refractivity contribution in [3.05, 3.63) is 22.8 Å². The first kappa shape index (κ1) is 9.99. The molecule has 0 fully saturated rings. The molecule has 1 aromatic rings. The van der Waals surface area contributed by atoms with Crippen LogP contribution in [0.15, 0.2) is 6.07 Å². The summed E-state index contributed by atoms with van der Waals surface area (Å²) in [5.74, 6) is 0. The summed E-state index contributed by atoms with van der Waals surface area (Å²) in [6, 6.07) is 2.02. The minimum atomic E-state index is 0.699. The first-order valence-electron chi connectivity index (χ1n) is 4.24. The molecule has 0 spiro atoms. The molecule has 0 amide bonds. The Bertz CT molecular complexity index is 345. The van der Waals surface area contributed by atoms with E-state index < -0.39 is 0 Å². The molecule has 13 heavy (non-hydrogen) atoms. The zero-order valence-electron chi connectivity index (χ0n) is 7.92. The van der Waals surface area contributed by atoms with Crippen LogP contribution in [0.4, 0.5) is 11.4 Å². The zero-order valence-corrected chi connectivity index (χ0v) is 8.74. The van der Waals surface area contributed by atoms with Crippen LogP contribution in [0.5, 0.6) is 0 Å². The quantitative estimate of drug-likeness (QED) is 0.560. The Morgan fingerprint density at radius 3 is 2.46 bits per heavy atom. The molecule has 0 unspecified atom stereocenters. The zero-order chi connectivity index (χ0) is 10.0. The van der Waals surface area contributed by atoms with E-state index in [1.165, 1.54) is 0 Å². The molecule has 0 bridgehead atoms. The molecule has 2 nitrogen and oxygen atoms in total. The Hall–Kier alpha value is -1.09. The standard InChI is InChI=1S/C10H14N2S/c1-3-7-4-6(2)9(11)8(5-13)10(7)12/h4-5H,3,11-12H2,1-2H3. The summed E-state index contributed by atoms with van der Waals surface area (Å²) >= 11 is 4.88. The van der Waals surface area contributed by atoms with Crippen LogP contribution < -0.4 is 11.5 Å². The van der Waals surface area contributed by atoms with Crippen LogP contribution in [-0.4, -0.2) is 5.37 Å². The van der Waals surface area contributed by atoms with Crippen LogP contribution in [0.2, 0.25) is 0 Å². The van der Waals surface area contributed by atoms with Crippen molar-refractivity contribution in [1.29, 1.82) is 0 Å². The molecule has 0 aromatic heterocycles. The maximum atomic E-state index is 5.90. The summed E-state index contributed by atoms with van der Waals surface area (Å²) in [5, 5.41) is 1.55. The fraction of sp³-hybridized carbons (Fsp3) is 0.300. The number of benzene rings is 1. The van der Waals surface area contributed by atoms with Crippen LogP contribution in [0.1, 0.15) is 23.6 Å². The van der Waals surface area contributed by atoms with E-state index >= 15 is 0 Å². The van der Waals surface area contributed by atoms with Gasteiger partial charge in [0, 0.05) is 22.3 Å². The Morgan fingerprint density at radius 2 is 2.00 bits per heavy atom. The van der Waals surface area contributed by atoms with Gasteiger partial charge in [0.2, 0.25) is 0 Å². The Kier molecular flexibility index (Phi) is 2.88. The molecule has 1 rings (SSSR count). The van der Waals surface area contributed by atoms with E-state index in [9.17, 15) is 0 Å². The van der Waals surface area contributed by atoms with E-state index in [4.69, 9.17) is 23.7 Å². The van der Waals surface area contributed by atoms with Gasteiger partial charge in [0.05, 0.1) is 0 Å². The third kappa shape index (κ3) is 1.65. The molecule has 0 aliphatic heterocycles. The fourth-order valence-electron chi connectivity index (χ4n) is 1.37. The predicted molar refractivity (Wildman–Crippen MR) is 62.1 cm³/mol. The van der Waals surface area contributed by atoms with Crippen molar-refractivity contribution in [2.75, 3.05) is 11.5 Å². The molecule has 0 atom stereocenters. The fourth-order valence-corrected chi connectivity index (χ4v) is 1.62. The van der Waals surface area contributed by atoms with Gasteiger partial charge in [0.1, 0.15) is 0 Å². The molecule has 0 aliphatic rings. The van der Waals surface area contributed by atoms with Crippen molar-refractivity contribution in [3.8, 4) is 0 Å². The molecular formula is C10H14N2S. The first-order valence-corrected chi connectivity index (χ1v) is 4.71. The minimum absolute atomic E-state index is 0.699. The molecule has 70 valence electrons. The lowest BCUT2D eigenvalue weighted by Crippen LogP contribution is -2.04. The summed E-state index contributed by atoms with van der Waals surface area (Å²) < 4.78 is 0. The topological polar surface area (TPSA) is 52.0 Å². The summed E-state index contributed by atoms with van der Waals surface area (Å²) in [7, 11) is 0. The van der Waals surface area contributed by atoms with Crippen molar-refractivity contribution in [1.82, 2.24) is 0 Å². The maximum Gasteiger partial charge on any atom is 0.0449 e. The molecule has 0 heterocycles. The van der Waals surface area contributed by atoms with Crippen molar-refractivity contribution >= 4 is 29.0 Å². The predicted octanol–water partition coefficient (Wildman–Crippen LogP) is 2.07. The van der Waals surface area contributed by atoms with Gasteiger partial charge in [0.25, 0.3) is 0 Å². The van der Waals surface area contributed by atoms with Gasteiger partial charge in [-0.05, 0) is 24.5 Å². The normalized spacial score (nSPS) is 10.0. The Morgan fingerprint density at radius 1 is 1.38 bits per heavy atom. The maximum absolute atomic E-state index is 5.90. The van der Waals surface area contributed by atoms with Crippen LogP contribution >= 0.6 is 12.2 Å². The molecule has 1 aromatic carbocycles. The average molecular weight is 194 g/mol. The summed E-state index contributed by atoms with van der Waals surface area (Å²) in [6.45, 7) is 4.03. The van der Waals surface area contributed by atoms with Crippen molar-refractivity contribution < 1.29 is 0 Å². The van der Waals surface area contributed by atoms with Gasteiger partial charge in [-0.25, -0.2) is 0 Å². The SMILES string of the molecule is CCc1cc(C)c(N)c(C=S)c1N. The number of hydrogen-bond acceptors (Lipinski definition) is 3. The van der Waals surface area contributed by atoms with Gasteiger partial charge < -0.3 is 11.5 Å². The number of nitrogen functional groups attached to an aromatic ring is 2. The molecule has 0 saturated heterocycles. The summed E-state index contributed by atoms with van der Waals surface area (Å²) in [6.07, 6.45) is 0.906. The highest BCUT2D eigenvalue weighted by atomic mass is 32.1. The molecule has 0 saturated carbocycles. The van der Waals surface area contributed by atoms with Crippen LogP contribution in [0.25, 0.3) is 0 Å². The van der Waals surface area contributed by atoms with E-state index in [2.05, 4.69) is 6.92 Å². The van der Waals surface area contributed by atoms with Gasteiger partial charge in [0.15, 0.2) is 0 Å². The first-order chi connectivity index (χ1) is 6.11. The monoisotopic (exact) mass is 194 g/mol. The second kappa shape index (κ2) is 3.75. The van der Waals surface area contributed by atoms with Crippen LogP contribution in [0, 0.1) is 6.92 Å². The van der Waals surface area contributed by atoms with Crippen molar-refractivity contribution in [2.45, 2.75) is 20.3 Å². The average Bonchev–Trinajstić information content (AvgIpc) is 2.12. The van der Waals surface area contributed by atoms with Crippen molar-refractivity contribution in [2.24, 2.45) is 0 Å². The molecule has 4 N–H and O–H groups in total. The van der Waals surface area contributed by atoms with Crippen LogP contribution in [0.3, 0.4) is 0 Å². The number of anilines is 2. The highest BCUT2D eigenvalue weighted by molar-refractivity contribution is 7.79. The second-order valence-electron chi connectivity index (χ2n) is 3.07. The molecule has 0 aliphatic carbocycles. The van der Waals surface area contributed by atoms with E-state index in [1.54, 1.807) is 5.37 Å². The highest BCUT2D eigenvalue weighted by Gasteiger charge is 2.08. The van der Waals surface area contributed by atoms with Crippen molar-refractivity contribution in [3.63, 3.8) is 0 Å². The largest absolute Gasteiger partial charge is 0.398 e. The Labute approximate surface area is 83.9 Å².